The average molecular weight is 397 g/mol. The number of hydrogen-bond acceptors (Lipinski definition) is 5. The van der Waals surface area contributed by atoms with Crippen molar-refractivity contribution in [3.8, 4) is 11.8 Å². The molecule has 1 atom stereocenters. The van der Waals surface area contributed by atoms with Crippen LogP contribution >= 0.6 is 15.9 Å². The predicted molar refractivity (Wildman–Crippen MR) is 96.6 cm³/mol. The molecule has 0 saturated heterocycles. The molecule has 2 heterocycles. The quantitative estimate of drug-likeness (QED) is 0.592. The standard InChI is InChI=1S/C18H13BrN4O2/c1-8-2-5-12-14(15(8)19)18(17(24)23-12)10-4-3-9(21)6-13(10)25-16(22)11(18)7-20/h2-6H,21-22H2,1H3,(H,23,24). The highest BCUT2D eigenvalue weighted by atomic mass is 79.9. The molecule has 124 valence electrons. The number of nitrogen functional groups attached to an aromatic ring is 1. The van der Waals surface area contributed by atoms with Crippen LogP contribution in [0.5, 0.6) is 5.75 Å². The summed E-state index contributed by atoms with van der Waals surface area (Å²) in [7, 11) is 0. The third kappa shape index (κ3) is 1.80. The van der Waals surface area contributed by atoms with Gasteiger partial charge in [0.25, 0.3) is 0 Å². The summed E-state index contributed by atoms with van der Waals surface area (Å²) >= 11 is 3.58. The lowest BCUT2D eigenvalue weighted by atomic mass is 9.68. The monoisotopic (exact) mass is 396 g/mol. The number of aryl methyl sites for hydroxylation is 1. The molecule has 0 saturated carbocycles. The van der Waals surface area contributed by atoms with E-state index in [0.717, 1.165) is 10.0 Å². The fourth-order valence-electron chi connectivity index (χ4n) is 3.54. The van der Waals surface area contributed by atoms with E-state index in [-0.39, 0.29) is 17.4 Å². The van der Waals surface area contributed by atoms with Crippen molar-refractivity contribution in [2.75, 3.05) is 11.1 Å². The Morgan fingerprint density at radius 1 is 1.28 bits per heavy atom. The van der Waals surface area contributed by atoms with Crippen molar-refractivity contribution in [3.63, 3.8) is 0 Å². The van der Waals surface area contributed by atoms with Crippen LogP contribution < -0.4 is 21.5 Å². The molecule has 0 radical (unpaired) electrons. The van der Waals surface area contributed by atoms with Gasteiger partial charge < -0.3 is 21.5 Å². The average Bonchev–Trinajstić information content (AvgIpc) is 2.85. The zero-order chi connectivity index (χ0) is 17.9. The van der Waals surface area contributed by atoms with Gasteiger partial charge in [-0.15, -0.1) is 0 Å². The van der Waals surface area contributed by atoms with Crippen LogP contribution in [-0.2, 0) is 10.2 Å². The van der Waals surface area contributed by atoms with E-state index in [4.69, 9.17) is 16.2 Å². The lowest BCUT2D eigenvalue weighted by Crippen LogP contribution is -2.42. The molecule has 0 aromatic heterocycles. The number of nitrogens with one attached hydrogen (secondary N) is 1. The van der Waals surface area contributed by atoms with Crippen molar-refractivity contribution >= 4 is 33.2 Å². The lowest BCUT2D eigenvalue weighted by molar-refractivity contribution is -0.118. The van der Waals surface area contributed by atoms with Crippen LogP contribution in [-0.4, -0.2) is 5.91 Å². The van der Waals surface area contributed by atoms with Gasteiger partial charge >= 0.3 is 0 Å². The van der Waals surface area contributed by atoms with Gasteiger partial charge in [0, 0.05) is 33.0 Å². The molecule has 2 aromatic carbocycles. The first-order valence-electron chi connectivity index (χ1n) is 7.50. The fraction of sp³-hybridized carbons (Fsp3) is 0.111. The van der Waals surface area contributed by atoms with Crippen LogP contribution in [0, 0.1) is 18.3 Å². The number of amides is 1. The Morgan fingerprint density at radius 2 is 2.04 bits per heavy atom. The number of nitrogens with two attached hydrogens (primary N) is 2. The van der Waals surface area contributed by atoms with Crippen LogP contribution in [0.25, 0.3) is 0 Å². The number of carbonyl (C=O) groups is 1. The third-order valence-electron chi connectivity index (χ3n) is 4.66. The number of halogens is 1. The van der Waals surface area contributed by atoms with Crippen LogP contribution in [0.1, 0.15) is 16.7 Å². The number of hydrogen-bond donors (Lipinski definition) is 3. The van der Waals surface area contributed by atoms with Crippen molar-refractivity contribution in [2.24, 2.45) is 5.73 Å². The van der Waals surface area contributed by atoms with Gasteiger partial charge in [0.15, 0.2) is 0 Å². The van der Waals surface area contributed by atoms with Crippen molar-refractivity contribution in [2.45, 2.75) is 12.3 Å². The largest absolute Gasteiger partial charge is 0.440 e. The molecule has 0 fully saturated rings. The first kappa shape index (κ1) is 15.5. The fourth-order valence-corrected chi connectivity index (χ4v) is 4.18. The van der Waals surface area contributed by atoms with E-state index < -0.39 is 5.41 Å². The zero-order valence-corrected chi connectivity index (χ0v) is 14.8. The number of benzene rings is 2. The van der Waals surface area contributed by atoms with E-state index in [2.05, 4.69) is 27.3 Å². The molecule has 0 aliphatic carbocycles. The van der Waals surface area contributed by atoms with Crippen LogP contribution in [0.4, 0.5) is 11.4 Å². The van der Waals surface area contributed by atoms with Crippen LogP contribution in [0.2, 0.25) is 0 Å². The minimum absolute atomic E-state index is 0.0623. The molecule has 1 amide bonds. The Morgan fingerprint density at radius 3 is 2.76 bits per heavy atom. The van der Waals surface area contributed by atoms with Crippen LogP contribution in [0.15, 0.2) is 46.3 Å². The second-order valence-electron chi connectivity index (χ2n) is 6.03. The molecule has 4 rings (SSSR count). The first-order chi connectivity index (χ1) is 11.9. The molecular formula is C18H13BrN4O2. The Kier molecular flexibility index (Phi) is 3.11. The van der Waals surface area contributed by atoms with E-state index in [1.165, 1.54) is 0 Å². The van der Waals surface area contributed by atoms with Gasteiger partial charge in [-0.25, -0.2) is 0 Å². The summed E-state index contributed by atoms with van der Waals surface area (Å²) in [6.45, 7) is 1.92. The number of fused-ring (bicyclic) bond motifs is 4. The van der Waals surface area contributed by atoms with Crippen molar-refractivity contribution in [1.29, 1.82) is 5.26 Å². The summed E-state index contributed by atoms with van der Waals surface area (Å²) in [5.74, 6) is -0.0764. The summed E-state index contributed by atoms with van der Waals surface area (Å²) in [5.41, 5.74) is 13.8. The second kappa shape index (κ2) is 5.01. The number of carbonyl (C=O) groups excluding carboxylic acids is 1. The van der Waals surface area contributed by atoms with E-state index >= 15 is 0 Å². The normalized spacial score (nSPS) is 20.6. The molecule has 2 aliphatic heterocycles. The van der Waals surface area contributed by atoms with Crippen molar-refractivity contribution in [1.82, 2.24) is 0 Å². The summed E-state index contributed by atoms with van der Waals surface area (Å²) in [6, 6.07) is 10.8. The number of anilines is 2. The molecule has 0 bridgehead atoms. The van der Waals surface area contributed by atoms with Crippen molar-refractivity contribution in [3.05, 3.63) is 63.0 Å². The van der Waals surface area contributed by atoms with E-state index in [1.54, 1.807) is 18.2 Å². The lowest BCUT2D eigenvalue weighted by Gasteiger charge is -2.34. The highest BCUT2D eigenvalue weighted by Crippen LogP contribution is 2.55. The van der Waals surface area contributed by atoms with Gasteiger partial charge in [0.1, 0.15) is 22.8 Å². The summed E-state index contributed by atoms with van der Waals surface area (Å²) in [6.07, 6.45) is 0. The van der Waals surface area contributed by atoms with Crippen LogP contribution in [0.3, 0.4) is 0 Å². The third-order valence-corrected chi connectivity index (χ3v) is 5.68. The van der Waals surface area contributed by atoms with E-state index in [0.29, 0.717) is 28.3 Å². The number of nitriles is 1. The number of rotatable bonds is 0. The summed E-state index contributed by atoms with van der Waals surface area (Å²) in [4.78, 5) is 13.2. The maximum absolute atomic E-state index is 13.2. The summed E-state index contributed by atoms with van der Waals surface area (Å²) in [5, 5.41) is 12.7. The molecule has 25 heavy (non-hydrogen) atoms. The van der Waals surface area contributed by atoms with Gasteiger partial charge in [-0.05, 0) is 24.6 Å². The molecule has 7 heteroatoms. The van der Waals surface area contributed by atoms with Crippen molar-refractivity contribution < 1.29 is 9.53 Å². The molecule has 1 unspecified atom stereocenters. The SMILES string of the molecule is Cc1ccc2c(c1Br)C1(C(=O)N2)C(C#N)=C(N)Oc2cc(N)ccc21. The zero-order valence-electron chi connectivity index (χ0n) is 13.2. The predicted octanol–water partition coefficient (Wildman–Crippen LogP) is 2.66. The Labute approximate surface area is 152 Å². The number of nitrogens with zero attached hydrogens (tertiary/aromatic N) is 1. The Balaban J connectivity index is 2.20. The topological polar surface area (TPSA) is 114 Å². The molecule has 6 nitrogen and oxygen atoms in total. The Hall–Kier alpha value is -2.98. The smallest absolute Gasteiger partial charge is 0.245 e. The van der Waals surface area contributed by atoms with Gasteiger partial charge in [0.05, 0.1) is 0 Å². The highest BCUT2D eigenvalue weighted by molar-refractivity contribution is 9.10. The van der Waals surface area contributed by atoms with Gasteiger partial charge in [-0.3, -0.25) is 4.79 Å². The van der Waals surface area contributed by atoms with Gasteiger partial charge in [-0.2, -0.15) is 5.26 Å². The number of ether oxygens (including phenoxy) is 1. The Bertz CT molecular complexity index is 1040. The maximum atomic E-state index is 13.2. The molecule has 5 N–H and O–H groups in total. The summed E-state index contributed by atoms with van der Waals surface area (Å²) < 4.78 is 6.34. The molecule has 2 aliphatic rings. The minimum atomic E-state index is -1.37. The molecule has 1 spiro atoms. The van der Waals surface area contributed by atoms with E-state index in [9.17, 15) is 10.1 Å². The van der Waals surface area contributed by atoms with Gasteiger partial charge in [0.2, 0.25) is 11.8 Å². The minimum Gasteiger partial charge on any atom is -0.440 e. The molecular weight excluding hydrogens is 384 g/mol. The van der Waals surface area contributed by atoms with E-state index in [1.807, 2.05) is 19.1 Å². The van der Waals surface area contributed by atoms with Gasteiger partial charge in [-0.1, -0.05) is 28.1 Å². The maximum Gasteiger partial charge on any atom is 0.245 e. The highest BCUT2D eigenvalue weighted by Gasteiger charge is 2.57. The second-order valence-corrected chi connectivity index (χ2v) is 6.82. The first-order valence-corrected chi connectivity index (χ1v) is 8.29. The molecule has 2 aromatic rings.